The van der Waals surface area contributed by atoms with Crippen molar-refractivity contribution in [3.63, 3.8) is 0 Å². The van der Waals surface area contributed by atoms with E-state index in [2.05, 4.69) is 20.4 Å². The van der Waals surface area contributed by atoms with Gasteiger partial charge in [0.1, 0.15) is 17.2 Å². The maximum absolute atomic E-state index is 11.5. The Kier molecular flexibility index (Phi) is 2.86. The summed E-state index contributed by atoms with van der Waals surface area (Å²) in [6, 6.07) is -0.596. The third kappa shape index (κ3) is 2.03. The predicted molar refractivity (Wildman–Crippen MR) is 69.7 cm³/mol. The van der Waals surface area contributed by atoms with Crippen LogP contribution < -0.4 is 11.1 Å². The van der Waals surface area contributed by atoms with Gasteiger partial charge >= 0.3 is 6.03 Å². The number of anilines is 1. The van der Waals surface area contributed by atoms with E-state index in [9.17, 15) is 4.79 Å². The number of amides is 1. The molecular weight excluding hydrogens is 244 g/mol. The number of carbonyl (C=O) groups is 1. The van der Waals surface area contributed by atoms with Crippen molar-refractivity contribution in [1.29, 1.82) is 0 Å². The number of hydrogen-bond donors (Lipinski definition) is 2. The van der Waals surface area contributed by atoms with Crippen LogP contribution in [0.15, 0.2) is 18.6 Å². The molecule has 3 N–H and O–H groups in total. The lowest BCUT2D eigenvalue weighted by Gasteiger charge is -2.04. The molecule has 0 unspecified atom stereocenters. The van der Waals surface area contributed by atoms with Gasteiger partial charge in [-0.1, -0.05) is 0 Å². The minimum absolute atomic E-state index is 0.596. The largest absolute Gasteiger partial charge is 0.370 e. The average Bonchev–Trinajstić information content (AvgIpc) is 2.62. The van der Waals surface area contributed by atoms with Crippen LogP contribution in [0.2, 0.25) is 0 Å². The molecule has 3 heterocycles. The molecule has 1 amide bonds. The van der Waals surface area contributed by atoms with Crippen molar-refractivity contribution in [2.24, 2.45) is 5.73 Å². The minimum Gasteiger partial charge on any atom is -0.370 e. The van der Waals surface area contributed by atoms with E-state index in [1.165, 1.54) is 4.68 Å². The lowest BCUT2D eigenvalue weighted by atomic mass is 10.1. The minimum atomic E-state index is -0.596. The zero-order chi connectivity index (χ0) is 13.2. The number of nitrogens with two attached hydrogens (primary N) is 1. The third-order valence-corrected chi connectivity index (χ3v) is 3.14. The molecule has 0 bridgehead atoms. The van der Waals surface area contributed by atoms with Crippen LogP contribution >= 0.6 is 0 Å². The van der Waals surface area contributed by atoms with Crippen LogP contribution in [0, 0.1) is 0 Å². The van der Waals surface area contributed by atoms with Crippen molar-refractivity contribution in [3.05, 3.63) is 24.2 Å². The standard InChI is InChI=1S/C12H14N6O/c13-12(19)18-11-8(3-1-2-4-16-11)10(17-18)9-7-14-5-6-15-9/h5-7,16H,1-4H2,(H2,13,19). The monoisotopic (exact) mass is 258 g/mol. The molecular formula is C12H14N6O. The van der Waals surface area contributed by atoms with Gasteiger partial charge in [-0.15, -0.1) is 0 Å². The Morgan fingerprint density at radius 3 is 3.00 bits per heavy atom. The van der Waals surface area contributed by atoms with Crippen LogP contribution in [0.1, 0.15) is 18.4 Å². The van der Waals surface area contributed by atoms with E-state index in [4.69, 9.17) is 5.73 Å². The molecule has 0 spiro atoms. The summed E-state index contributed by atoms with van der Waals surface area (Å²) in [4.78, 5) is 19.8. The first kappa shape index (κ1) is 11.6. The van der Waals surface area contributed by atoms with Crippen LogP contribution in [-0.4, -0.2) is 32.3 Å². The molecule has 0 radical (unpaired) electrons. The summed E-state index contributed by atoms with van der Waals surface area (Å²) in [6.45, 7) is 0.811. The zero-order valence-electron chi connectivity index (χ0n) is 10.3. The maximum Gasteiger partial charge on any atom is 0.341 e. The summed E-state index contributed by atoms with van der Waals surface area (Å²) >= 11 is 0. The van der Waals surface area contributed by atoms with Crippen molar-refractivity contribution in [3.8, 4) is 11.4 Å². The Morgan fingerprint density at radius 2 is 2.26 bits per heavy atom. The second-order valence-corrected chi connectivity index (χ2v) is 4.40. The van der Waals surface area contributed by atoms with Crippen LogP contribution in [0.3, 0.4) is 0 Å². The number of aromatic nitrogens is 4. The first-order chi connectivity index (χ1) is 9.27. The first-order valence-corrected chi connectivity index (χ1v) is 6.19. The zero-order valence-corrected chi connectivity index (χ0v) is 10.3. The summed E-state index contributed by atoms with van der Waals surface area (Å²) < 4.78 is 1.21. The van der Waals surface area contributed by atoms with Gasteiger partial charge in [0.05, 0.1) is 6.20 Å². The van der Waals surface area contributed by atoms with E-state index in [0.717, 1.165) is 31.4 Å². The van der Waals surface area contributed by atoms with Gasteiger partial charge in [0.2, 0.25) is 0 Å². The highest BCUT2D eigenvalue weighted by Gasteiger charge is 2.23. The first-order valence-electron chi connectivity index (χ1n) is 6.19. The summed E-state index contributed by atoms with van der Waals surface area (Å²) in [7, 11) is 0. The van der Waals surface area contributed by atoms with Gasteiger partial charge in [0.15, 0.2) is 0 Å². The van der Waals surface area contributed by atoms with E-state index in [1.807, 2.05) is 0 Å². The maximum atomic E-state index is 11.5. The van der Waals surface area contributed by atoms with Crippen LogP contribution in [-0.2, 0) is 6.42 Å². The molecule has 19 heavy (non-hydrogen) atoms. The Labute approximate surface area is 109 Å². The van der Waals surface area contributed by atoms with Crippen LogP contribution in [0.25, 0.3) is 11.4 Å². The molecule has 0 atom stereocenters. The molecule has 7 heteroatoms. The summed E-state index contributed by atoms with van der Waals surface area (Å²) in [5.41, 5.74) is 7.68. The molecule has 0 aliphatic carbocycles. The molecule has 0 saturated heterocycles. The fourth-order valence-corrected chi connectivity index (χ4v) is 2.29. The van der Waals surface area contributed by atoms with E-state index >= 15 is 0 Å². The number of hydrogen-bond acceptors (Lipinski definition) is 5. The van der Waals surface area contributed by atoms with E-state index < -0.39 is 6.03 Å². The molecule has 7 nitrogen and oxygen atoms in total. The quantitative estimate of drug-likeness (QED) is 0.795. The van der Waals surface area contributed by atoms with Gasteiger partial charge in [0.25, 0.3) is 0 Å². The fourth-order valence-electron chi connectivity index (χ4n) is 2.29. The Balaban J connectivity index is 2.17. The second kappa shape index (κ2) is 4.68. The van der Waals surface area contributed by atoms with E-state index in [-0.39, 0.29) is 0 Å². The highest BCUT2D eigenvalue weighted by molar-refractivity contribution is 5.81. The molecule has 0 fully saturated rings. The smallest absolute Gasteiger partial charge is 0.341 e. The second-order valence-electron chi connectivity index (χ2n) is 4.40. The number of fused-ring (bicyclic) bond motifs is 1. The van der Waals surface area contributed by atoms with Crippen LogP contribution in [0.5, 0.6) is 0 Å². The topological polar surface area (TPSA) is 98.7 Å². The van der Waals surface area contributed by atoms with E-state index in [1.54, 1.807) is 18.6 Å². The molecule has 3 rings (SSSR count). The Bertz CT molecular complexity index is 606. The fraction of sp³-hybridized carbons (Fsp3) is 0.333. The molecule has 1 aliphatic heterocycles. The number of nitrogens with one attached hydrogen (secondary N) is 1. The van der Waals surface area contributed by atoms with Gasteiger partial charge in [-0.25, -0.2) is 4.79 Å². The van der Waals surface area contributed by atoms with Crippen molar-refractivity contribution in [2.45, 2.75) is 19.3 Å². The van der Waals surface area contributed by atoms with Gasteiger partial charge in [-0.3, -0.25) is 9.97 Å². The molecule has 0 saturated carbocycles. The predicted octanol–water partition coefficient (Wildman–Crippen LogP) is 1.02. The van der Waals surface area contributed by atoms with Gasteiger partial charge in [-0.05, 0) is 19.3 Å². The normalized spacial score (nSPS) is 14.3. The molecule has 2 aromatic rings. The number of rotatable bonds is 1. The molecule has 0 aromatic carbocycles. The molecule has 2 aromatic heterocycles. The Hall–Kier alpha value is -2.44. The van der Waals surface area contributed by atoms with Crippen LogP contribution in [0.4, 0.5) is 10.6 Å². The molecule has 1 aliphatic rings. The lowest BCUT2D eigenvalue weighted by molar-refractivity contribution is 0.248. The SMILES string of the molecule is NC(=O)n1nc(-c2cnccn2)c2c1NCCCC2. The summed E-state index contributed by atoms with van der Waals surface area (Å²) in [6.07, 6.45) is 7.78. The van der Waals surface area contributed by atoms with Crippen molar-refractivity contribution in [1.82, 2.24) is 19.7 Å². The highest BCUT2D eigenvalue weighted by Crippen LogP contribution is 2.30. The van der Waals surface area contributed by atoms with Crippen molar-refractivity contribution < 1.29 is 4.79 Å². The number of primary amides is 1. The van der Waals surface area contributed by atoms with E-state index in [0.29, 0.717) is 17.2 Å². The highest BCUT2D eigenvalue weighted by atomic mass is 16.2. The van der Waals surface area contributed by atoms with Crippen molar-refractivity contribution >= 4 is 11.8 Å². The third-order valence-electron chi connectivity index (χ3n) is 3.14. The lowest BCUT2D eigenvalue weighted by Crippen LogP contribution is -2.23. The van der Waals surface area contributed by atoms with Crippen molar-refractivity contribution in [2.75, 3.05) is 11.9 Å². The number of carbonyl (C=O) groups excluding carboxylic acids is 1. The summed E-state index contributed by atoms with van der Waals surface area (Å²) in [5, 5.41) is 7.50. The summed E-state index contributed by atoms with van der Waals surface area (Å²) in [5.74, 6) is 0.686. The Morgan fingerprint density at radius 1 is 1.37 bits per heavy atom. The molecule has 98 valence electrons. The van der Waals surface area contributed by atoms with Gasteiger partial charge in [0, 0.05) is 24.5 Å². The van der Waals surface area contributed by atoms with Gasteiger partial charge in [-0.2, -0.15) is 9.78 Å². The van der Waals surface area contributed by atoms with Gasteiger partial charge < -0.3 is 11.1 Å². The average molecular weight is 258 g/mol. The number of nitrogens with zero attached hydrogens (tertiary/aromatic N) is 4.